The molecule has 1 aliphatic rings. The Morgan fingerprint density at radius 1 is 1.18 bits per heavy atom. The first-order chi connectivity index (χ1) is 5.08. The summed E-state index contributed by atoms with van der Waals surface area (Å²) in [6, 6.07) is 0. The van der Waals surface area contributed by atoms with Crippen LogP contribution < -0.4 is 0 Å². The predicted molar refractivity (Wildman–Crippen MR) is 34.2 cm³/mol. The fourth-order valence-corrected chi connectivity index (χ4v) is 0.899. The molecule has 2 nitrogen and oxygen atoms in total. The Hall–Kier alpha value is -0.225. The maximum Gasteiger partial charge on any atom is 0.478 e. The number of hydrogen-bond acceptors (Lipinski definition) is 2. The first kappa shape index (κ1) is 8.87. The fraction of sp³-hybridized carbons (Fsp3) is 1.00. The third kappa shape index (κ3) is 3.62. The molecular formula is C5H9BF3O2-. The van der Waals surface area contributed by atoms with E-state index in [-0.39, 0.29) is 6.42 Å². The zero-order chi connectivity index (χ0) is 8.32. The predicted octanol–water partition coefficient (Wildman–Crippen LogP) is 1.60. The highest BCUT2D eigenvalue weighted by atomic mass is 19.4. The first-order valence-electron chi connectivity index (χ1n) is 3.52. The van der Waals surface area contributed by atoms with Gasteiger partial charge in [-0.2, -0.15) is 0 Å². The van der Waals surface area contributed by atoms with Crippen molar-refractivity contribution in [1.82, 2.24) is 0 Å². The summed E-state index contributed by atoms with van der Waals surface area (Å²) in [6.07, 6.45) is -1.47. The lowest BCUT2D eigenvalue weighted by molar-refractivity contribution is -0.0441. The van der Waals surface area contributed by atoms with Gasteiger partial charge >= 0.3 is 6.98 Å². The molecule has 1 fully saturated rings. The lowest BCUT2D eigenvalue weighted by Gasteiger charge is -2.15. The lowest BCUT2D eigenvalue weighted by atomic mass is 9.84. The summed E-state index contributed by atoms with van der Waals surface area (Å²) >= 11 is 0. The van der Waals surface area contributed by atoms with Crippen LogP contribution in [0.15, 0.2) is 0 Å². The van der Waals surface area contributed by atoms with Gasteiger partial charge in [-0.25, -0.2) is 0 Å². The maximum atomic E-state index is 11.7. The largest absolute Gasteiger partial charge is 0.478 e. The topological polar surface area (TPSA) is 18.5 Å². The minimum absolute atomic E-state index is 0.0660. The summed E-state index contributed by atoms with van der Waals surface area (Å²) < 4.78 is 44.7. The molecule has 0 atom stereocenters. The van der Waals surface area contributed by atoms with Crippen molar-refractivity contribution < 1.29 is 22.4 Å². The number of rotatable bonds is 3. The van der Waals surface area contributed by atoms with Crippen molar-refractivity contribution in [2.24, 2.45) is 0 Å². The highest BCUT2D eigenvalue weighted by Gasteiger charge is 2.26. The molecule has 0 aromatic heterocycles. The molecule has 0 bridgehead atoms. The minimum atomic E-state index is -4.68. The molecule has 6 heteroatoms. The Kier molecular flexibility index (Phi) is 2.78. The lowest BCUT2D eigenvalue weighted by Crippen LogP contribution is -2.18. The zero-order valence-electron chi connectivity index (χ0n) is 5.93. The van der Waals surface area contributed by atoms with Crippen LogP contribution in [0.1, 0.15) is 6.42 Å². The molecule has 1 rings (SSSR count). The normalized spacial score (nSPS) is 21.0. The molecule has 0 N–H and O–H groups in total. The molecule has 0 aliphatic carbocycles. The monoisotopic (exact) mass is 169 g/mol. The standard InChI is InChI=1S/C5H9BF3O2/c7-6(8,9)2-1-5-10-3-4-11-5/h5H,1-4H2/q-1. The van der Waals surface area contributed by atoms with Gasteiger partial charge in [-0.15, -0.1) is 0 Å². The molecular weight excluding hydrogens is 160 g/mol. The van der Waals surface area contributed by atoms with Crippen molar-refractivity contribution >= 4 is 6.98 Å². The van der Waals surface area contributed by atoms with Crippen molar-refractivity contribution in [1.29, 1.82) is 0 Å². The molecule has 0 aromatic carbocycles. The Morgan fingerprint density at radius 2 is 1.73 bits per heavy atom. The van der Waals surface area contributed by atoms with Crippen LogP contribution in [0.25, 0.3) is 0 Å². The van der Waals surface area contributed by atoms with E-state index in [1.165, 1.54) is 0 Å². The molecule has 66 valence electrons. The van der Waals surface area contributed by atoms with Gasteiger partial charge in [0.15, 0.2) is 6.29 Å². The fourth-order valence-electron chi connectivity index (χ4n) is 0.899. The molecule has 0 spiro atoms. The molecule has 1 heterocycles. The molecule has 0 radical (unpaired) electrons. The van der Waals surface area contributed by atoms with Crippen LogP contribution in [0.5, 0.6) is 0 Å². The van der Waals surface area contributed by atoms with E-state index < -0.39 is 19.6 Å². The van der Waals surface area contributed by atoms with Crippen LogP contribution in [0, 0.1) is 0 Å². The van der Waals surface area contributed by atoms with Gasteiger partial charge in [0, 0.05) is 0 Å². The van der Waals surface area contributed by atoms with E-state index in [0.717, 1.165) is 0 Å². The molecule has 0 unspecified atom stereocenters. The van der Waals surface area contributed by atoms with Gasteiger partial charge in [-0.3, -0.25) is 0 Å². The minimum Gasteiger partial charge on any atom is -0.449 e. The van der Waals surface area contributed by atoms with Crippen LogP contribution in [-0.2, 0) is 9.47 Å². The number of halogens is 3. The van der Waals surface area contributed by atoms with E-state index in [4.69, 9.17) is 9.47 Å². The Bertz CT molecular complexity index is 121. The van der Waals surface area contributed by atoms with Gasteiger partial charge in [0.25, 0.3) is 0 Å². The Labute approximate surface area is 62.7 Å². The van der Waals surface area contributed by atoms with Gasteiger partial charge in [0.1, 0.15) is 0 Å². The second kappa shape index (κ2) is 3.45. The molecule has 1 aliphatic heterocycles. The smallest absolute Gasteiger partial charge is 0.449 e. The average Bonchev–Trinajstić information content (AvgIpc) is 2.32. The van der Waals surface area contributed by atoms with Crippen LogP contribution in [0.4, 0.5) is 12.9 Å². The maximum absolute atomic E-state index is 11.7. The van der Waals surface area contributed by atoms with Crippen molar-refractivity contribution in [2.45, 2.75) is 19.0 Å². The van der Waals surface area contributed by atoms with Crippen molar-refractivity contribution in [3.05, 3.63) is 0 Å². The van der Waals surface area contributed by atoms with E-state index in [9.17, 15) is 12.9 Å². The summed E-state index contributed by atoms with van der Waals surface area (Å²) in [5.41, 5.74) is 0. The van der Waals surface area contributed by atoms with E-state index in [0.29, 0.717) is 13.2 Å². The van der Waals surface area contributed by atoms with E-state index in [2.05, 4.69) is 0 Å². The van der Waals surface area contributed by atoms with Gasteiger partial charge in [0.05, 0.1) is 13.2 Å². The van der Waals surface area contributed by atoms with Crippen LogP contribution in [0.2, 0.25) is 6.32 Å². The third-order valence-electron chi connectivity index (χ3n) is 1.42. The molecule has 1 saturated heterocycles. The second-order valence-corrected chi connectivity index (χ2v) is 2.46. The van der Waals surface area contributed by atoms with E-state index in [1.807, 2.05) is 0 Å². The second-order valence-electron chi connectivity index (χ2n) is 2.46. The van der Waals surface area contributed by atoms with Crippen LogP contribution in [-0.4, -0.2) is 26.5 Å². The SMILES string of the molecule is F[B-](F)(F)CCC1OCCO1. The Balaban J connectivity index is 2.11. The van der Waals surface area contributed by atoms with Gasteiger partial charge < -0.3 is 22.4 Å². The summed E-state index contributed by atoms with van der Waals surface area (Å²) in [7, 11) is 0. The van der Waals surface area contributed by atoms with Crippen molar-refractivity contribution in [2.75, 3.05) is 13.2 Å². The average molecular weight is 169 g/mol. The highest BCUT2D eigenvalue weighted by Crippen LogP contribution is 2.21. The number of ether oxygens (including phenoxy) is 2. The summed E-state index contributed by atoms with van der Waals surface area (Å²) in [5, 5.41) is 0. The molecule has 0 saturated carbocycles. The van der Waals surface area contributed by atoms with Gasteiger partial charge in [-0.1, -0.05) is 6.32 Å². The summed E-state index contributed by atoms with van der Waals surface area (Å²) in [6.45, 7) is -3.85. The highest BCUT2D eigenvalue weighted by molar-refractivity contribution is 6.58. The van der Waals surface area contributed by atoms with Crippen molar-refractivity contribution in [3.8, 4) is 0 Å². The zero-order valence-corrected chi connectivity index (χ0v) is 5.93. The number of hydrogen-bond donors (Lipinski definition) is 0. The van der Waals surface area contributed by atoms with Crippen molar-refractivity contribution in [3.63, 3.8) is 0 Å². The Morgan fingerprint density at radius 3 is 2.18 bits per heavy atom. The quantitative estimate of drug-likeness (QED) is 0.597. The third-order valence-corrected chi connectivity index (χ3v) is 1.42. The van der Waals surface area contributed by atoms with Gasteiger partial charge in [0.2, 0.25) is 0 Å². The summed E-state index contributed by atoms with van der Waals surface area (Å²) in [5.74, 6) is 0. The van der Waals surface area contributed by atoms with Crippen LogP contribution in [0.3, 0.4) is 0 Å². The first-order valence-corrected chi connectivity index (χ1v) is 3.52. The van der Waals surface area contributed by atoms with Gasteiger partial charge in [-0.05, 0) is 6.42 Å². The van der Waals surface area contributed by atoms with Crippen LogP contribution >= 0.6 is 0 Å². The molecule has 11 heavy (non-hydrogen) atoms. The van der Waals surface area contributed by atoms with E-state index in [1.54, 1.807) is 0 Å². The summed E-state index contributed by atoms with van der Waals surface area (Å²) in [4.78, 5) is 0. The molecule has 0 aromatic rings. The van der Waals surface area contributed by atoms with E-state index >= 15 is 0 Å². The molecule has 0 amide bonds.